The SMILES string of the molecule is Cc1cc(C[C@@H]2CN(C(=O)c3cn4ccsc4n3)C[C@H]2O)on1. The highest BCUT2D eigenvalue weighted by Gasteiger charge is 2.35. The number of fused-ring (bicyclic) bond motifs is 1. The minimum Gasteiger partial charge on any atom is -0.391 e. The van der Waals surface area contributed by atoms with Gasteiger partial charge in [-0.2, -0.15) is 0 Å². The largest absolute Gasteiger partial charge is 0.391 e. The second-order valence-electron chi connectivity index (χ2n) is 5.90. The highest BCUT2D eigenvalue weighted by Crippen LogP contribution is 2.24. The van der Waals surface area contributed by atoms with E-state index in [1.54, 1.807) is 11.1 Å². The van der Waals surface area contributed by atoms with E-state index in [1.807, 2.05) is 29.0 Å². The summed E-state index contributed by atoms with van der Waals surface area (Å²) < 4.78 is 7.04. The molecule has 0 bridgehead atoms. The van der Waals surface area contributed by atoms with Crippen LogP contribution in [0, 0.1) is 12.8 Å². The molecular formula is C15H16N4O3S. The molecule has 1 saturated heterocycles. The Bertz CT molecular complexity index is 823. The van der Waals surface area contributed by atoms with Crippen molar-refractivity contribution in [1.29, 1.82) is 0 Å². The number of nitrogens with zero attached hydrogens (tertiary/aromatic N) is 4. The number of aliphatic hydroxyl groups is 1. The quantitative estimate of drug-likeness (QED) is 0.783. The fourth-order valence-electron chi connectivity index (χ4n) is 2.98. The number of likely N-dealkylation sites (tertiary alicyclic amines) is 1. The van der Waals surface area contributed by atoms with Crippen LogP contribution in [-0.2, 0) is 6.42 Å². The van der Waals surface area contributed by atoms with Crippen molar-refractivity contribution in [3.63, 3.8) is 0 Å². The van der Waals surface area contributed by atoms with Crippen molar-refractivity contribution in [2.45, 2.75) is 19.4 Å². The molecule has 120 valence electrons. The van der Waals surface area contributed by atoms with Gasteiger partial charge in [0.1, 0.15) is 11.5 Å². The molecule has 1 fully saturated rings. The molecule has 7 nitrogen and oxygen atoms in total. The zero-order valence-electron chi connectivity index (χ0n) is 12.5. The number of aromatic nitrogens is 3. The lowest BCUT2D eigenvalue weighted by atomic mass is 10.0. The van der Waals surface area contributed by atoms with Crippen LogP contribution in [0.5, 0.6) is 0 Å². The van der Waals surface area contributed by atoms with Gasteiger partial charge in [0.25, 0.3) is 5.91 Å². The first kappa shape index (κ1) is 14.4. The minimum absolute atomic E-state index is 0.0463. The molecule has 0 unspecified atom stereocenters. The maximum Gasteiger partial charge on any atom is 0.274 e. The fraction of sp³-hybridized carbons (Fsp3) is 0.400. The number of β-amino-alcohol motifs (C(OH)–C–C–N with tert-alkyl or cyclic N) is 1. The molecule has 4 rings (SSSR count). The molecule has 4 heterocycles. The summed E-state index contributed by atoms with van der Waals surface area (Å²) in [6.45, 7) is 2.67. The Morgan fingerprint density at radius 2 is 2.39 bits per heavy atom. The van der Waals surface area contributed by atoms with Crippen LogP contribution in [0.3, 0.4) is 0 Å². The van der Waals surface area contributed by atoms with Gasteiger partial charge in [0.2, 0.25) is 0 Å². The third-order valence-electron chi connectivity index (χ3n) is 4.15. The van der Waals surface area contributed by atoms with Crippen molar-refractivity contribution in [1.82, 2.24) is 19.4 Å². The smallest absolute Gasteiger partial charge is 0.274 e. The maximum atomic E-state index is 12.6. The lowest BCUT2D eigenvalue weighted by Crippen LogP contribution is -2.29. The van der Waals surface area contributed by atoms with Gasteiger partial charge in [-0.25, -0.2) is 4.98 Å². The monoisotopic (exact) mass is 332 g/mol. The lowest BCUT2D eigenvalue weighted by molar-refractivity contribution is 0.0759. The van der Waals surface area contributed by atoms with Crippen LogP contribution in [0.2, 0.25) is 0 Å². The second-order valence-corrected chi connectivity index (χ2v) is 6.77. The van der Waals surface area contributed by atoms with E-state index >= 15 is 0 Å². The molecular weight excluding hydrogens is 316 g/mol. The Morgan fingerprint density at radius 1 is 1.52 bits per heavy atom. The van der Waals surface area contributed by atoms with Crippen LogP contribution in [0.4, 0.5) is 0 Å². The van der Waals surface area contributed by atoms with Crippen molar-refractivity contribution >= 4 is 22.2 Å². The van der Waals surface area contributed by atoms with Gasteiger partial charge in [-0.3, -0.25) is 9.20 Å². The van der Waals surface area contributed by atoms with E-state index in [2.05, 4.69) is 10.1 Å². The molecule has 1 amide bonds. The standard InChI is InChI=1S/C15H16N4O3S/c1-9-4-11(22-17-9)5-10-6-19(8-13(10)20)14(21)12-7-18-2-3-23-15(18)16-12/h2-4,7,10,13,20H,5-6,8H2,1H3/t10-,13-/m1/s1. The minimum atomic E-state index is -0.562. The van der Waals surface area contributed by atoms with Crippen molar-refractivity contribution in [3.8, 4) is 0 Å². The second kappa shape index (κ2) is 5.47. The number of rotatable bonds is 3. The van der Waals surface area contributed by atoms with E-state index < -0.39 is 6.10 Å². The van der Waals surface area contributed by atoms with Gasteiger partial charge < -0.3 is 14.5 Å². The van der Waals surface area contributed by atoms with Gasteiger partial charge in [0.05, 0.1) is 11.8 Å². The molecule has 0 radical (unpaired) electrons. The number of carbonyl (C=O) groups is 1. The molecule has 0 saturated carbocycles. The molecule has 23 heavy (non-hydrogen) atoms. The summed E-state index contributed by atoms with van der Waals surface area (Å²) in [6, 6.07) is 1.86. The number of hydrogen-bond acceptors (Lipinski definition) is 6. The molecule has 1 aliphatic rings. The van der Waals surface area contributed by atoms with Gasteiger partial charge in [-0.05, 0) is 6.92 Å². The third kappa shape index (κ3) is 2.64. The van der Waals surface area contributed by atoms with E-state index in [9.17, 15) is 9.90 Å². The number of carbonyl (C=O) groups excluding carboxylic acids is 1. The Hall–Kier alpha value is -2.19. The Morgan fingerprint density at radius 3 is 3.13 bits per heavy atom. The van der Waals surface area contributed by atoms with Crippen LogP contribution in [-0.4, -0.2) is 49.6 Å². The Kier molecular flexibility index (Phi) is 3.42. The molecule has 0 spiro atoms. The first-order chi connectivity index (χ1) is 11.1. The van der Waals surface area contributed by atoms with E-state index in [1.165, 1.54) is 11.3 Å². The fourth-order valence-corrected chi connectivity index (χ4v) is 3.68. The summed E-state index contributed by atoms with van der Waals surface area (Å²) in [5, 5.41) is 16.0. The normalized spacial score (nSPS) is 21.4. The topological polar surface area (TPSA) is 83.9 Å². The van der Waals surface area contributed by atoms with Gasteiger partial charge in [0, 0.05) is 49.3 Å². The summed E-state index contributed by atoms with van der Waals surface area (Å²) in [4.78, 5) is 19.4. The summed E-state index contributed by atoms with van der Waals surface area (Å²) in [5.74, 6) is 0.551. The molecule has 0 aromatic carbocycles. The van der Waals surface area contributed by atoms with Crippen LogP contribution in [0.25, 0.3) is 4.96 Å². The predicted molar refractivity (Wildman–Crippen MR) is 83.4 cm³/mol. The average molecular weight is 332 g/mol. The first-order valence-corrected chi connectivity index (χ1v) is 8.30. The zero-order valence-corrected chi connectivity index (χ0v) is 13.4. The molecule has 1 aliphatic heterocycles. The van der Waals surface area contributed by atoms with Crippen molar-refractivity contribution < 1.29 is 14.4 Å². The number of imidazole rings is 1. The summed E-state index contributed by atoms with van der Waals surface area (Å²) >= 11 is 1.49. The highest BCUT2D eigenvalue weighted by molar-refractivity contribution is 7.15. The molecule has 1 N–H and O–H groups in total. The number of amides is 1. The third-order valence-corrected chi connectivity index (χ3v) is 4.92. The first-order valence-electron chi connectivity index (χ1n) is 7.42. The number of aryl methyl sites for hydroxylation is 1. The Balaban J connectivity index is 1.47. The molecule has 2 atom stereocenters. The van der Waals surface area contributed by atoms with E-state index in [0.29, 0.717) is 25.2 Å². The lowest BCUT2D eigenvalue weighted by Gasteiger charge is -2.14. The number of hydrogen-bond donors (Lipinski definition) is 1. The van der Waals surface area contributed by atoms with Crippen LogP contribution in [0.15, 0.2) is 28.4 Å². The molecule has 3 aromatic heterocycles. The zero-order chi connectivity index (χ0) is 16.0. The van der Waals surface area contributed by atoms with Crippen LogP contribution < -0.4 is 0 Å². The summed E-state index contributed by atoms with van der Waals surface area (Å²) in [7, 11) is 0. The average Bonchev–Trinajstić information content (AvgIpc) is 3.24. The summed E-state index contributed by atoms with van der Waals surface area (Å²) in [5.41, 5.74) is 1.23. The van der Waals surface area contributed by atoms with Gasteiger partial charge in [-0.1, -0.05) is 5.16 Å². The molecule has 8 heteroatoms. The van der Waals surface area contributed by atoms with Crippen LogP contribution in [0.1, 0.15) is 21.9 Å². The van der Waals surface area contributed by atoms with Crippen molar-refractivity contribution in [2.75, 3.05) is 13.1 Å². The van der Waals surface area contributed by atoms with E-state index in [4.69, 9.17) is 4.52 Å². The highest BCUT2D eigenvalue weighted by atomic mass is 32.1. The predicted octanol–water partition coefficient (Wildman–Crippen LogP) is 1.37. The van der Waals surface area contributed by atoms with Gasteiger partial charge >= 0.3 is 0 Å². The molecule has 0 aliphatic carbocycles. The van der Waals surface area contributed by atoms with E-state index in [-0.39, 0.29) is 11.8 Å². The Labute approximate surface area is 136 Å². The number of aliphatic hydroxyl groups excluding tert-OH is 1. The maximum absolute atomic E-state index is 12.6. The summed E-state index contributed by atoms with van der Waals surface area (Å²) in [6.07, 6.45) is 3.61. The van der Waals surface area contributed by atoms with Crippen molar-refractivity contribution in [3.05, 3.63) is 41.0 Å². The number of thiazole rings is 1. The van der Waals surface area contributed by atoms with Crippen molar-refractivity contribution in [2.24, 2.45) is 5.92 Å². The molecule has 3 aromatic rings. The van der Waals surface area contributed by atoms with Gasteiger partial charge in [0.15, 0.2) is 4.96 Å². The van der Waals surface area contributed by atoms with E-state index in [0.717, 1.165) is 16.4 Å². The van der Waals surface area contributed by atoms with Gasteiger partial charge in [-0.15, -0.1) is 11.3 Å². The van der Waals surface area contributed by atoms with Crippen LogP contribution >= 0.6 is 11.3 Å².